The lowest BCUT2D eigenvalue weighted by molar-refractivity contribution is -0.126. The molecule has 2 aliphatic heterocycles. The minimum Gasteiger partial charge on any atom is -0.352 e. The molecule has 0 unspecified atom stereocenters. The van der Waals surface area contributed by atoms with Crippen molar-refractivity contribution in [2.24, 2.45) is 5.92 Å². The van der Waals surface area contributed by atoms with Gasteiger partial charge in [0.2, 0.25) is 5.91 Å². The number of hydrogen-bond acceptors (Lipinski definition) is 2. The van der Waals surface area contributed by atoms with Crippen LogP contribution in [0.5, 0.6) is 0 Å². The number of carbonyl (C=O) groups excluding carboxylic acids is 2. The van der Waals surface area contributed by atoms with E-state index in [1.54, 1.807) is 4.90 Å². The fourth-order valence-corrected chi connectivity index (χ4v) is 3.80. The van der Waals surface area contributed by atoms with Gasteiger partial charge in [-0.3, -0.25) is 9.59 Å². The van der Waals surface area contributed by atoms with Crippen molar-refractivity contribution in [2.75, 3.05) is 20.1 Å². The smallest absolute Gasteiger partial charge is 0.253 e. The second-order valence-corrected chi connectivity index (χ2v) is 6.30. The number of fused-ring (bicyclic) bond motifs is 3. The summed E-state index contributed by atoms with van der Waals surface area (Å²) in [6.45, 7) is 2.29. The van der Waals surface area contributed by atoms with Crippen molar-refractivity contribution >= 4 is 22.7 Å². The van der Waals surface area contributed by atoms with Gasteiger partial charge in [0.1, 0.15) is 0 Å². The molecule has 22 heavy (non-hydrogen) atoms. The second kappa shape index (κ2) is 4.87. The Kier molecular flexibility index (Phi) is 2.96. The van der Waals surface area contributed by atoms with E-state index in [1.165, 1.54) is 0 Å². The van der Waals surface area contributed by atoms with E-state index in [-0.39, 0.29) is 11.8 Å². The number of nitrogens with one attached hydrogen (secondary N) is 1. The number of rotatable bonds is 2. The summed E-state index contributed by atoms with van der Waals surface area (Å²) in [5.74, 6) is 0.561. The van der Waals surface area contributed by atoms with Crippen LogP contribution in [-0.4, -0.2) is 41.4 Å². The first kappa shape index (κ1) is 13.4. The lowest BCUT2D eigenvalue weighted by Gasteiger charge is -2.19. The molecule has 2 amide bonds. The number of nitrogens with zero attached hydrogens (tertiary/aromatic N) is 2. The van der Waals surface area contributed by atoms with Crippen LogP contribution in [0, 0.1) is 5.92 Å². The molecule has 1 N–H and O–H groups in total. The van der Waals surface area contributed by atoms with E-state index in [9.17, 15) is 9.59 Å². The minimum atomic E-state index is 0.0239. The van der Waals surface area contributed by atoms with E-state index >= 15 is 0 Å². The van der Waals surface area contributed by atoms with Gasteiger partial charge in [0.15, 0.2) is 0 Å². The molecule has 0 saturated carbocycles. The van der Waals surface area contributed by atoms with E-state index < -0.39 is 0 Å². The van der Waals surface area contributed by atoms with Crippen molar-refractivity contribution in [3.63, 3.8) is 0 Å². The molecular weight excluding hydrogens is 278 g/mol. The number of hydrogen-bond donors (Lipinski definition) is 1. The highest BCUT2D eigenvalue weighted by Crippen LogP contribution is 2.30. The van der Waals surface area contributed by atoms with Crippen LogP contribution < -0.4 is 5.32 Å². The molecule has 0 radical (unpaired) electrons. The standard InChI is InChI=1S/C17H19N3O2/c1-19-9-11(8-15(19)21)10-20-13-5-3-2-4-12(13)16-14(20)6-7-18-17(16)22/h2-5,11H,6-10H2,1H3,(H,18,22)/t11-/m0/s1. The molecule has 0 spiro atoms. The fraction of sp³-hybridized carbons (Fsp3) is 0.412. The van der Waals surface area contributed by atoms with Crippen molar-refractivity contribution in [1.82, 2.24) is 14.8 Å². The summed E-state index contributed by atoms with van der Waals surface area (Å²) in [7, 11) is 1.86. The molecule has 5 nitrogen and oxygen atoms in total. The maximum absolute atomic E-state index is 12.3. The van der Waals surface area contributed by atoms with Crippen molar-refractivity contribution in [1.29, 1.82) is 0 Å². The SMILES string of the molecule is CN1C[C@@H](Cn2c3c(c4ccccc42)C(=O)NCC3)CC1=O. The van der Waals surface area contributed by atoms with Crippen molar-refractivity contribution in [3.8, 4) is 0 Å². The molecule has 3 heterocycles. The highest BCUT2D eigenvalue weighted by Gasteiger charge is 2.30. The highest BCUT2D eigenvalue weighted by molar-refractivity contribution is 6.09. The lowest BCUT2D eigenvalue weighted by Crippen LogP contribution is -2.32. The highest BCUT2D eigenvalue weighted by atomic mass is 16.2. The number of carbonyl (C=O) groups is 2. The number of amides is 2. The average molecular weight is 297 g/mol. The molecule has 1 aromatic carbocycles. The number of likely N-dealkylation sites (tertiary alicyclic amines) is 1. The van der Waals surface area contributed by atoms with Crippen LogP contribution in [0.4, 0.5) is 0 Å². The second-order valence-electron chi connectivity index (χ2n) is 6.30. The van der Waals surface area contributed by atoms with Crippen LogP contribution >= 0.6 is 0 Å². The molecule has 1 saturated heterocycles. The molecule has 1 aromatic heterocycles. The molecule has 0 bridgehead atoms. The van der Waals surface area contributed by atoms with Crippen LogP contribution in [0.2, 0.25) is 0 Å². The molecular formula is C17H19N3O2. The van der Waals surface area contributed by atoms with Gasteiger partial charge in [0.25, 0.3) is 5.91 Å². The Labute approximate surface area is 128 Å². The molecule has 1 atom stereocenters. The van der Waals surface area contributed by atoms with Crippen LogP contribution in [0.1, 0.15) is 22.5 Å². The van der Waals surface area contributed by atoms with Gasteiger partial charge in [-0.15, -0.1) is 0 Å². The van der Waals surface area contributed by atoms with Crippen LogP contribution in [0.15, 0.2) is 24.3 Å². The Hall–Kier alpha value is -2.30. The van der Waals surface area contributed by atoms with Gasteiger partial charge in [0, 0.05) is 62.0 Å². The summed E-state index contributed by atoms with van der Waals surface area (Å²) in [4.78, 5) is 25.8. The third-order valence-corrected chi connectivity index (χ3v) is 4.81. The Bertz CT molecular complexity index is 778. The molecule has 5 heteroatoms. The molecule has 0 aliphatic carbocycles. The van der Waals surface area contributed by atoms with Crippen LogP contribution in [0.25, 0.3) is 10.9 Å². The predicted molar refractivity (Wildman–Crippen MR) is 83.7 cm³/mol. The topological polar surface area (TPSA) is 54.3 Å². The first-order chi connectivity index (χ1) is 10.6. The first-order valence-electron chi connectivity index (χ1n) is 7.77. The zero-order chi connectivity index (χ0) is 15.3. The number of benzene rings is 1. The molecule has 4 rings (SSSR count). The van der Waals surface area contributed by atoms with E-state index in [4.69, 9.17) is 0 Å². The van der Waals surface area contributed by atoms with Crippen molar-refractivity contribution < 1.29 is 9.59 Å². The maximum atomic E-state index is 12.3. The third-order valence-electron chi connectivity index (χ3n) is 4.81. The van der Waals surface area contributed by atoms with Gasteiger partial charge < -0.3 is 14.8 Å². The Morgan fingerprint density at radius 2 is 2.09 bits per heavy atom. The van der Waals surface area contributed by atoms with E-state index in [1.807, 2.05) is 25.2 Å². The van der Waals surface area contributed by atoms with Crippen molar-refractivity contribution in [3.05, 3.63) is 35.5 Å². The number of aromatic nitrogens is 1. The van der Waals surface area contributed by atoms with Gasteiger partial charge in [-0.1, -0.05) is 18.2 Å². The van der Waals surface area contributed by atoms with Crippen LogP contribution in [0.3, 0.4) is 0 Å². The summed E-state index contributed by atoms with van der Waals surface area (Å²) in [5, 5.41) is 3.96. The Morgan fingerprint density at radius 1 is 1.27 bits per heavy atom. The summed E-state index contributed by atoms with van der Waals surface area (Å²) in [5.41, 5.74) is 3.04. The first-order valence-corrected chi connectivity index (χ1v) is 7.77. The monoisotopic (exact) mass is 297 g/mol. The third kappa shape index (κ3) is 1.92. The molecule has 114 valence electrons. The zero-order valence-corrected chi connectivity index (χ0v) is 12.6. The number of para-hydroxylation sites is 1. The van der Waals surface area contributed by atoms with E-state index in [0.29, 0.717) is 18.9 Å². The summed E-state index contributed by atoms with van der Waals surface area (Å²) in [6.07, 6.45) is 1.45. The summed E-state index contributed by atoms with van der Waals surface area (Å²) >= 11 is 0. The fourth-order valence-electron chi connectivity index (χ4n) is 3.80. The van der Waals surface area contributed by atoms with Crippen molar-refractivity contribution in [2.45, 2.75) is 19.4 Å². The van der Waals surface area contributed by atoms with Gasteiger partial charge in [-0.25, -0.2) is 0 Å². The lowest BCUT2D eigenvalue weighted by atomic mass is 10.1. The van der Waals surface area contributed by atoms with E-state index in [0.717, 1.165) is 41.7 Å². The summed E-state index contributed by atoms with van der Waals surface area (Å²) < 4.78 is 2.26. The predicted octanol–water partition coefficient (Wildman–Crippen LogP) is 1.41. The van der Waals surface area contributed by atoms with Gasteiger partial charge >= 0.3 is 0 Å². The minimum absolute atomic E-state index is 0.0239. The molecule has 2 aliphatic rings. The largest absolute Gasteiger partial charge is 0.352 e. The molecule has 1 fully saturated rings. The van der Waals surface area contributed by atoms with Gasteiger partial charge in [-0.05, 0) is 6.07 Å². The normalized spacial score (nSPS) is 21.3. The van der Waals surface area contributed by atoms with Crippen LogP contribution in [-0.2, 0) is 17.8 Å². The van der Waals surface area contributed by atoms with E-state index in [2.05, 4.69) is 16.0 Å². The van der Waals surface area contributed by atoms with Gasteiger partial charge in [-0.2, -0.15) is 0 Å². The Morgan fingerprint density at radius 3 is 2.86 bits per heavy atom. The van der Waals surface area contributed by atoms with Gasteiger partial charge in [0.05, 0.1) is 5.56 Å². The average Bonchev–Trinajstić information content (AvgIpc) is 2.99. The summed E-state index contributed by atoms with van der Waals surface area (Å²) in [6, 6.07) is 8.07. The zero-order valence-electron chi connectivity index (χ0n) is 12.6. The maximum Gasteiger partial charge on any atom is 0.253 e. The molecule has 2 aromatic rings. The quantitative estimate of drug-likeness (QED) is 0.911. The Balaban J connectivity index is 1.80.